The molecule has 2 atom stereocenters. The van der Waals surface area contributed by atoms with E-state index in [9.17, 15) is 4.39 Å². The smallest absolute Gasteiger partial charge is 0.123 e. The minimum absolute atomic E-state index is 0.0284. The molecule has 0 aliphatic carbocycles. The first kappa shape index (κ1) is 12.1. The minimum Gasteiger partial charge on any atom is -0.271 e. The van der Waals surface area contributed by atoms with Crippen LogP contribution in [0.1, 0.15) is 38.3 Å². The second-order valence-corrected chi connectivity index (χ2v) is 3.97. The number of benzene rings is 1. The van der Waals surface area contributed by atoms with Gasteiger partial charge >= 0.3 is 0 Å². The normalized spacial score (nSPS) is 14.9. The van der Waals surface area contributed by atoms with Crippen molar-refractivity contribution in [1.29, 1.82) is 0 Å². The average molecular weight is 210 g/mol. The van der Waals surface area contributed by atoms with Gasteiger partial charge in [0.2, 0.25) is 0 Å². The van der Waals surface area contributed by atoms with Crippen LogP contribution >= 0.6 is 0 Å². The Hall–Kier alpha value is -0.930. The summed E-state index contributed by atoms with van der Waals surface area (Å²) in [4.78, 5) is 0. The first-order chi connectivity index (χ1) is 7.19. The highest BCUT2D eigenvalue weighted by Gasteiger charge is 2.17. The van der Waals surface area contributed by atoms with Gasteiger partial charge in [0.1, 0.15) is 5.82 Å². The monoisotopic (exact) mass is 210 g/mol. The lowest BCUT2D eigenvalue weighted by Gasteiger charge is -2.23. The zero-order chi connectivity index (χ0) is 11.3. The van der Waals surface area contributed by atoms with Crippen LogP contribution in [0.15, 0.2) is 24.3 Å². The molecule has 0 spiro atoms. The molecule has 1 aromatic rings. The van der Waals surface area contributed by atoms with Crippen LogP contribution in [0.5, 0.6) is 0 Å². The van der Waals surface area contributed by atoms with E-state index in [4.69, 9.17) is 5.84 Å². The summed E-state index contributed by atoms with van der Waals surface area (Å²) in [5.41, 5.74) is 3.68. The minimum atomic E-state index is -0.212. The Balaban J connectivity index is 2.82. The highest BCUT2D eigenvalue weighted by molar-refractivity contribution is 5.20. The average Bonchev–Trinajstić information content (AvgIpc) is 2.19. The number of nitrogens with one attached hydrogen (secondary N) is 1. The van der Waals surface area contributed by atoms with Gasteiger partial charge in [-0.05, 0) is 30.0 Å². The maximum atomic E-state index is 13.0. The van der Waals surface area contributed by atoms with Crippen LogP contribution < -0.4 is 11.3 Å². The van der Waals surface area contributed by atoms with Gasteiger partial charge < -0.3 is 0 Å². The molecule has 0 radical (unpaired) electrons. The highest BCUT2D eigenvalue weighted by Crippen LogP contribution is 2.24. The van der Waals surface area contributed by atoms with Crippen molar-refractivity contribution in [2.45, 2.75) is 32.7 Å². The largest absolute Gasteiger partial charge is 0.271 e. The Morgan fingerprint density at radius 2 is 2.20 bits per heavy atom. The predicted octanol–water partition coefficient (Wildman–Crippen LogP) is 2.77. The molecule has 3 N–H and O–H groups in total. The van der Waals surface area contributed by atoms with Crippen LogP contribution in [-0.4, -0.2) is 0 Å². The molecular weight excluding hydrogens is 191 g/mol. The van der Waals surface area contributed by atoms with E-state index in [-0.39, 0.29) is 11.9 Å². The quantitative estimate of drug-likeness (QED) is 0.579. The molecule has 0 fully saturated rings. The maximum absolute atomic E-state index is 13.0. The Morgan fingerprint density at radius 3 is 2.73 bits per heavy atom. The van der Waals surface area contributed by atoms with Gasteiger partial charge in [-0.2, -0.15) is 0 Å². The topological polar surface area (TPSA) is 38.0 Å². The molecule has 0 aliphatic heterocycles. The van der Waals surface area contributed by atoms with Crippen molar-refractivity contribution in [3.05, 3.63) is 35.6 Å². The van der Waals surface area contributed by atoms with Crippen LogP contribution in [0, 0.1) is 11.7 Å². The molecule has 0 aromatic heterocycles. The van der Waals surface area contributed by atoms with Crippen molar-refractivity contribution in [2.24, 2.45) is 11.8 Å². The second kappa shape index (κ2) is 5.83. The summed E-state index contributed by atoms with van der Waals surface area (Å²) in [7, 11) is 0. The van der Waals surface area contributed by atoms with E-state index in [0.29, 0.717) is 5.92 Å². The van der Waals surface area contributed by atoms with E-state index in [1.807, 2.05) is 6.07 Å². The summed E-state index contributed by atoms with van der Waals surface area (Å²) in [6.07, 6.45) is 2.18. The lowest BCUT2D eigenvalue weighted by atomic mass is 9.91. The standard InChI is InChI=1S/C12H19FN2/c1-3-5-9(2)12(15-14)10-6-4-7-11(13)8-10/h4,6-9,12,15H,3,5,14H2,1-2H3. The SMILES string of the molecule is CCCC(C)C(NN)c1cccc(F)c1. The van der Waals surface area contributed by atoms with E-state index in [0.717, 1.165) is 18.4 Å². The van der Waals surface area contributed by atoms with Gasteiger partial charge in [-0.3, -0.25) is 11.3 Å². The molecule has 1 rings (SSSR count). The Bertz CT molecular complexity index is 301. The number of halogens is 1. The van der Waals surface area contributed by atoms with E-state index in [1.54, 1.807) is 6.07 Å². The van der Waals surface area contributed by atoms with Gasteiger partial charge in [0, 0.05) is 6.04 Å². The van der Waals surface area contributed by atoms with E-state index >= 15 is 0 Å². The van der Waals surface area contributed by atoms with Crippen molar-refractivity contribution in [3.8, 4) is 0 Å². The summed E-state index contributed by atoms with van der Waals surface area (Å²) in [5.74, 6) is 5.71. The first-order valence-electron chi connectivity index (χ1n) is 5.40. The van der Waals surface area contributed by atoms with Gasteiger partial charge in [-0.15, -0.1) is 0 Å². The summed E-state index contributed by atoms with van der Waals surface area (Å²) in [5, 5.41) is 0. The Labute approximate surface area is 90.6 Å². The van der Waals surface area contributed by atoms with Crippen molar-refractivity contribution in [3.63, 3.8) is 0 Å². The predicted molar refractivity (Wildman–Crippen MR) is 60.5 cm³/mol. The fourth-order valence-corrected chi connectivity index (χ4v) is 1.91. The van der Waals surface area contributed by atoms with Crippen molar-refractivity contribution >= 4 is 0 Å². The molecule has 0 heterocycles. The highest BCUT2D eigenvalue weighted by atomic mass is 19.1. The zero-order valence-electron chi connectivity index (χ0n) is 9.33. The van der Waals surface area contributed by atoms with Crippen molar-refractivity contribution < 1.29 is 4.39 Å². The fourth-order valence-electron chi connectivity index (χ4n) is 1.91. The Morgan fingerprint density at radius 1 is 1.47 bits per heavy atom. The molecule has 15 heavy (non-hydrogen) atoms. The first-order valence-corrected chi connectivity index (χ1v) is 5.40. The van der Waals surface area contributed by atoms with Crippen molar-refractivity contribution in [2.75, 3.05) is 0 Å². The summed E-state index contributed by atoms with van der Waals surface area (Å²) >= 11 is 0. The summed E-state index contributed by atoms with van der Waals surface area (Å²) in [6.45, 7) is 4.26. The van der Waals surface area contributed by atoms with Gasteiger partial charge in [0.25, 0.3) is 0 Å². The molecule has 0 saturated carbocycles. The molecule has 3 heteroatoms. The number of nitrogens with two attached hydrogens (primary N) is 1. The molecular formula is C12H19FN2. The molecule has 0 bridgehead atoms. The van der Waals surface area contributed by atoms with Gasteiger partial charge in [0.05, 0.1) is 0 Å². The zero-order valence-corrected chi connectivity index (χ0v) is 9.33. The second-order valence-electron chi connectivity index (χ2n) is 3.97. The molecule has 0 saturated heterocycles. The fraction of sp³-hybridized carbons (Fsp3) is 0.500. The number of rotatable bonds is 5. The Kier molecular flexibility index (Phi) is 4.72. The molecule has 1 aromatic carbocycles. The number of hydrogen-bond acceptors (Lipinski definition) is 2. The van der Waals surface area contributed by atoms with Gasteiger partial charge in [-0.25, -0.2) is 4.39 Å². The lowest BCUT2D eigenvalue weighted by molar-refractivity contribution is 0.367. The van der Waals surface area contributed by atoms with Crippen LogP contribution in [0.4, 0.5) is 4.39 Å². The molecule has 0 amide bonds. The van der Waals surface area contributed by atoms with Crippen LogP contribution in [0.3, 0.4) is 0 Å². The molecule has 2 nitrogen and oxygen atoms in total. The van der Waals surface area contributed by atoms with Crippen LogP contribution in [0.25, 0.3) is 0 Å². The number of hydrazine groups is 1. The van der Waals surface area contributed by atoms with Gasteiger partial charge in [0.15, 0.2) is 0 Å². The van der Waals surface area contributed by atoms with E-state index < -0.39 is 0 Å². The summed E-state index contributed by atoms with van der Waals surface area (Å²) < 4.78 is 13.0. The van der Waals surface area contributed by atoms with Crippen molar-refractivity contribution in [1.82, 2.24) is 5.43 Å². The van der Waals surface area contributed by atoms with E-state index in [2.05, 4.69) is 19.3 Å². The third-order valence-corrected chi connectivity index (χ3v) is 2.70. The molecule has 84 valence electrons. The van der Waals surface area contributed by atoms with E-state index in [1.165, 1.54) is 12.1 Å². The molecule has 0 aliphatic rings. The van der Waals surface area contributed by atoms with Crippen LogP contribution in [0.2, 0.25) is 0 Å². The summed E-state index contributed by atoms with van der Waals surface area (Å²) in [6, 6.07) is 6.63. The third-order valence-electron chi connectivity index (χ3n) is 2.70. The maximum Gasteiger partial charge on any atom is 0.123 e. The van der Waals surface area contributed by atoms with Crippen LogP contribution in [-0.2, 0) is 0 Å². The molecule has 2 unspecified atom stereocenters. The van der Waals surface area contributed by atoms with Gasteiger partial charge in [-0.1, -0.05) is 32.4 Å². The third kappa shape index (κ3) is 3.29. The lowest BCUT2D eigenvalue weighted by Crippen LogP contribution is -2.32. The number of hydrogen-bond donors (Lipinski definition) is 2.